The van der Waals surface area contributed by atoms with Crippen LogP contribution in [0.25, 0.3) is 0 Å². The van der Waals surface area contributed by atoms with Crippen LogP contribution in [0.4, 0.5) is 5.82 Å². The highest BCUT2D eigenvalue weighted by Crippen LogP contribution is 2.14. The second-order valence-electron chi connectivity index (χ2n) is 4.03. The van der Waals surface area contributed by atoms with Crippen molar-refractivity contribution in [3.05, 3.63) is 11.9 Å². The summed E-state index contributed by atoms with van der Waals surface area (Å²) in [6, 6.07) is 1.88. The minimum atomic E-state index is 0.684. The molecule has 17 heavy (non-hydrogen) atoms. The summed E-state index contributed by atoms with van der Waals surface area (Å²) in [5.74, 6) is 2.42. The van der Waals surface area contributed by atoms with Crippen molar-refractivity contribution < 1.29 is 4.74 Å². The minimum absolute atomic E-state index is 0.684. The Kier molecular flexibility index (Phi) is 6.37. The Morgan fingerprint density at radius 2 is 1.94 bits per heavy atom. The number of rotatable bonds is 8. The zero-order chi connectivity index (χ0) is 12.5. The zero-order valence-corrected chi connectivity index (χ0v) is 11.1. The summed E-state index contributed by atoms with van der Waals surface area (Å²) in [5, 5.41) is 3.28. The first-order valence-electron chi connectivity index (χ1n) is 6.54. The minimum Gasteiger partial charge on any atom is -0.478 e. The van der Waals surface area contributed by atoms with Gasteiger partial charge in [0.15, 0.2) is 0 Å². The Morgan fingerprint density at radius 3 is 2.59 bits per heavy atom. The van der Waals surface area contributed by atoms with Gasteiger partial charge in [0.1, 0.15) is 11.6 Å². The highest BCUT2D eigenvalue weighted by molar-refractivity contribution is 5.38. The van der Waals surface area contributed by atoms with Gasteiger partial charge in [-0.1, -0.05) is 20.8 Å². The van der Waals surface area contributed by atoms with Gasteiger partial charge in [0, 0.05) is 19.0 Å². The molecule has 1 aromatic rings. The Hall–Kier alpha value is -1.32. The average molecular weight is 237 g/mol. The van der Waals surface area contributed by atoms with Crippen LogP contribution in [0.5, 0.6) is 5.88 Å². The number of nitrogens with zero attached hydrogens (tertiary/aromatic N) is 2. The van der Waals surface area contributed by atoms with Crippen LogP contribution in [-0.2, 0) is 6.42 Å². The normalized spacial score (nSPS) is 10.3. The molecule has 1 aromatic heterocycles. The Labute approximate surface area is 104 Å². The van der Waals surface area contributed by atoms with Crippen LogP contribution in [0.1, 0.15) is 45.9 Å². The lowest BCUT2D eigenvalue weighted by atomic mass is 10.3. The van der Waals surface area contributed by atoms with E-state index in [0.29, 0.717) is 12.5 Å². The van der Waals surface area contributed by atoms with E-state index in [0.717, 1.165) is 43.9 Å². The van der Waals surface area contributed by atoms with Crippen LogP contribution >= 0.6 is 0 Å². The van der Waals surface area contributed by atoms with Crippen LogP contribution in [-0.4, -0.2) is 23.1 Å². The van der Waals surface area contributed by atoms with Crippen molar-refractivity contribution in [1.82, 2.24) is 9.97 Å². The number of hydrogen-bond donors (Lipinski definition) is 1. The van der Waals surface area contributed by atoms with E-state index in [9.17, 15) is 0 Å². The summed E-state index contributed by atoms with van der Waals surface area (Å²) >= 11 is 0. The molecule has 0 aliphatic carbocycles. The summed E-state index contributed by atoms with van der Waals surface area (Å²) in [7, 11) is 0. The third kappa shape index (κ3) is 5.02. The molecule has 0 spiro atoms. The maximum atomic E-state index is 5.57. The van der Waals surface area contributed by atoms with Crippen molar-refractivity contribution in [3.8, 4) is 5.88 Å². The van der Waals surface area contributed by atoms with Crippen LogP contribution < -0.4 is 10.1 Å². The maximum absolute atomic E-state index is 5.57. The molecule has 4 heteroatoms. The highest BCUT2D eigenvalue weighted by Gasteiger charge is 2.04. The van der Waals surface area contributed by atoms with E-state index >= 15 is 0 Å². The van der Waals surface area contributed by atoms with Gasteiger partial charge in [-0.25, -0.2) is 4.98 Å². The SMILES string of the molecule is CCCNc1cc(OCCC)nc(CCC)n1. The molecule has 96 valence electrons. The summed E-state index contributed by atoms with van der Waals surface area (Å²) in [6.45, 7) is 7.98. The Bertz CT molecular complexity index is 302. The van der Waals surface area contributed by atoms with Crippen molar-refractivity contribution in [1.29, 1.82) is 0 Å². The second kappa shape index (κ2) is 7.87. The fraction of sp³-hybridized carbons (Fsp3) is 0.692. The van der Waals surface area contributed by atoms with Gasteiger partial charge in [-0.2, -0.15) is 4.98 Å². The van der Waals surface area contributed by atoms with Crippen LogP contribution in [0.15, 0.2) is 6.07 Å². The van der Waals surface area contributed by atoms with Crippen molar-refractivity contribution in [3.63, 3.8) is 0 Å². The predicted octanol–water partition coefficient (Wildman–Crippen LogP) is 3.04. The summed E-state index contributed by atoms with van der Waals surface area (Å²) in [6.07, 6.45) is 4.01. The van der Waals surface area contributed by atoms with Crippen molar-refractivity contribution in [2.45, 2.75) is 46.5 Å². The van der Waals surface area contributed by atoms with Crippen LogP contribution in [0, 0.1) is 0 Å². The lowest BCUT2D eigenvalue weighted by molar-refractivity contribution is 0.303. The standard InChI is InChI=1S/C13H23N3O/c1-4-7-11-15-12(14-8-5-2)10-13(16-11)17-9-6-3/h10H,4-9H2,1-3H3,(H,14,15,16). The van der Waals surface area contributed by atoms with Crippen LogP contribution in [0.2, 0.25) is 0 Å². The van der Waals surface area contributed by atoms with E-state index in [1.165, 1.54) is 0 Å². The van der Waals surface area contributed by atoms with Crippen molar-refractivity contribution >= 4 is 5.82 Å². The van der Waals surface area contributed by atoms with Gasteiger partial charge in [0.25, 0.3) is 0 Å². The number of ether oxygens (including phenoxy) is 1. The molecule has 0 aliphatic rings. The van der Waals surface area contributed by atoms with E-state index in [4.69, 9.17) is 4.74 Å². The summed E-state index contributed by atoms with van der Waals surface area (Å²) in [4.78, 5) is 8.86. The number of nitrogens with one attached hydrogen (secondary N) is 1. The molecule has 0 unspecified atom stereocenters. The molecule has 0 aromatic carbocycles. The zero-order valence-electron chi connectivity index (χ0n) is 11.1. The Balaban J connectivity index is 2.76. The summed E-state index contributed by atoms with van der Waals surface area (Å²) in [5.41, 5.74) is 0. The predicted molar refractivity (Wildman–Crippen MR) is 70.6 cm³/mol. The fourth-order valence-electron chi connectivity index (χ4n) is 1.43. The van der Waals surface area contributed by atoms with Crippen molar-refractivity contribution in [2.24, 2.45) is 0 Å². The third-order valence-electron chi connectivity index (χ3n) is 2.23. The van der Waals surface area contributed by atoms with Gasteiger partial charge >= 0.3 is 0 Å². The average Bonchev–Trinajstić information content (AvgIpc) is 2.34. The van der Waals surface area contributed by atoms with E-state index in [1.807, 2.05) is 6.07 Å². The topological polar surface area (TPSA) is 47.0 Å². The first kappa shape index (κ1) is 13.7. The van der Waals surface area contributed by atoms with Crippen LogP contribution in [0.3, 0.4) is 0 Å². The molecule has 0 aliphatic heterocycles. The quantitative estimate of drug-likeness (QED) is 0.755. The molecular formula is C13H23N3O. The lowest BCUT2D eigenvalue weighted by Crippen LogP contribution is -2.07. The maximum Gasteiger partial charge on any atom is 0.218 e. The van der Waals surface area contributed by atoms with Gasteiger partial charge in [-0.15, -0.1) is 0 Å². The molecule has 0 bridgehead atoms. The van der Waals surface area contributed by atoms with Gasteiger partial charge < -0.3 is 10.1 Å². The van der Waals surface area contributed by atoms with E-state index in [1.54, 1.807) is 0 Å². The molecule has 0 atom stereocenters. The molecule has 1 N–H and O–H groups in total. The molecule has 4 nitrogen and oxygen atoms in total. The molecule has 1 rings (SSSR count). The van der Waals surface area contributed by atoms with E-state index in [2.05, 4.69) is 36.1 Å². The van der Waals surface area contributed by atoms with E-state index in [-0.39, 0.29) is 0 Å². The first-order chi connectivity index (χ1) is 8.30. The molecular weight excluding hydrogens is 214 g/mol. The Morgan fingerprint density at radius 1 is 1.12 bits per heavy atom. The molecule has 1 heterocycles. The third-order valence-corrected chi connectivity index (χ3v) is 2.23. The number of anilines is 1. The van der Waals surface area contributed by atoms with E-state index < -0.39 is 0 Å². The van der Waals surface area contributed by atoms with Gasteiger partial charge in [-0.3, -0.25) is 0 Å². The fourth-order valence-corrected chi connectivity index (χ4v) is 1.43. The van der Waals surface area contributed by atoms with Crippen molar-refractivity contribution in [2.75, 3.05) is 18.5 Å². The van der Waals surface area contributed by atoms with Gasteiger partial charge in [0.05, 0.1) is 6.61 Å². The number of aryl methyl sites for hydroxylation is 1. The number of hydrogen-bond acceptors (Lipinski definition) is 4. The number of aromatic nitrogens is 2. The first-order valence-corrected chi connectivity index (χ1v) is 6.54. The molecule has 0 radical (unpaired) electrons. The largest absolute Gasteiger partial charge is 0.478 e. The lowest BCUT2D eigenvalue weighted by Gasteiger charge is -2.09. The smallest absolute Gasteiger partial charge is 0.218 e. The van der Waals surface area contributed by atoms with Gasteiger partial charge in [-0.05, 0) is 19.3 Å². The second-order valence-corrected chi connectivity index (χ2v) is 4.03. The molecule has 0 saturated heterocycles. The molecule has 0 amide bonds. The molecule has 0 fully saturated rings. The highest BCUT2D eigenvalue weighted by atomic mass is 16.5. The van der Waals surface area contributed by atoms with Gasteiger partial charge in [0.2, 0.25) is 5.88 Å². The monoisotopic (exact) mass is 237 g/mol. The summed E-state index contributed by atoms with van der Waals surface area (Å²) < 4.78 is 5.57. The molecule has 0 saturated carbocycles.